The molecule has 0 aliphatic carbocycles. The molecule has 7 nitrogen and oxygen atoms in total. The summed E-state index contributed by atoms with van der Waals surface area (Å²) >= 11 is 0. The average molecular weight is 378 g/mol. The second kappa shape index (κ2) is 6.67. The lowest BCUT2D eigenvalue weighted by Crippen LogP contribution is -2.43. The molecular formula is C17H17F3N6O. The van der Waals surface area contributed by atoms with Crippen LogP contribution >= 0.6 is 0 Å². The van der Waals surface area contributed by atoms with Crippen molar-refractivity contribution in [3.05, 3.63) is 24.3 Å². The molecule has 1 aliphatic rings. The Morgan fingerprint density at radius 1 is 1.37 bits per heavy atom. The van der Waals surface area contributed by atoms with E-state index in [2.05, 4.69) is 25.3 Å². The van der Waals surface area contributed by atoms with Crippen molar-refractivity contribution in [2.75, 3.05) is 18.0 Å². The third-order valence-electron chi connectivity index (χ3n) is 4.65. The molecule has 2 atom stereocenters. The van der Waals surface area contributed by atoms with E-state index in [0.29, 0.717) is 36.8 Å². The summed E-state index contributed by atoms with van der Waals surface area (Å²) in [4.78, 5) is 29.8. The van der Waals surface area contributed by atoms with Gasteiger partial charge in [-0.25, -0.2) is 28.1 Å². The number of hydrogen-bond donors (Lipinski definition) is 2. The lowest BCUT2D eigenvalue weighted by atomic mass is 10.2. The van der Waals surface area contributed by atoms with Crippen molar-refractivity contribution >= 4 is 33.7 Å². The fraction of sp³-hybridized carbons (Fsp3) is 0.412. The van der Waals surface area contributed by atoms with Gasteiger partial charge >= 0.3 is 0 Å². The van der Waals surface area contributed by atoms with Crippen molar-refractivity contribution in [3.8, 4) is 0 Å². The monoisotopic (exact) mass is 378 g/mol. The minimum absolute atomic E-state index is 0.352. The van der Waals surface area contributed by atoms with Crippen LogP contribution in [0.5, 0.6) is 0 Å². The Hall–Kier alpha value is -2.91. The van der Waals surface area contributed by atoms with Gasteiger partial charge in [0.2, 0.25) is 6.17 Å². The number of aryl methyl sites for hydroxylation is 1. The van der Waals surface area contributed by atoms with E-state index in [0.717, 1.165) is 16.3 Å². The number of aromatic nitrogens is 4. The summed E-state index contributed by atoms with van der Waals surface area (Å²) in [5, 5.41) is 4.06. The van der Waals surface area contributed by atoms with Crippen molar-refractivity contribution in [1.82, 2.24) is 25.3 Å². The van der Waals surface area contributed by atoms with Crippen LogP contribution in [-0.4, -0.2) is 57.6 Å². The van der Waals surface area contributed by atoms with Gasteiger partial charge in [0.05, 0.1) is 17.1 Å². The second-order valence-corrected chi connectivity index (χ2v) is 6.55. The number of halogens is 3. The van der Waals surface area contributed by atoms with Crippen LogP contribution in [0.1, 0.15) is 12.2 Å². The molecule has 27 heavy (non-hydrogen) atoms. The van der Waals surface area contributed by atoms with Gasteiger partial charge in [0.25, 0.3) is 12.3 Å². The summed E-state index contributed by atoms with van der Waals surface area (Å²) in [5.74, 6) is 0.107. The van der Waals surface area contributed by atoms with Crippen LogP contribution in [0.15, 0.2) is 18.5 Å². The highest BCUT2D eigenvalue weighted by Gasteiger charge is 2.32. The first-order chi connectivity index (χ1) is 12.9. The van der Waals surface area contributed by atoms with E-state index >= 15 is 0 Å². The van der Waals surface area contributed by atoms with Crippen molar-refractivity contribution in [2.45, 2.75) is 32.0 Å². The molecule has 1 amide bonds. The van der Waals surface area contributed by atoms with Crippen molar-refractivity contribution in [1.29, 1.82) is 0 Å². The number of fused-ring (bicyclic) bond motifs is 3. The molecule has 1 aliphatic heterocycles. The molecule has 2 N–H and O–H groups in total. The topological polar surface area (TPSA) is 86.8 Å². The zero-order valence-electron chi connectivity index (χ0n) is 14.4. The van der Waals surface area contributed by atoms with E-state index in [-0.39, 0.29) is 0 Å². The number of H-pyrrole nitrogens is 1. The maximum atomic E-state index is 13.2. The molecule has 3 aromatic rings. The quantitative estimate of drug-likeness (QED) is 0.726. The predicted molar refractivity (Wildman–Crippen MR) is 93.6 cm³/mol. The van der Waals surface area contributed by atoms with E-state index in [4.69, 9.17) is 0 Å². The number of amides is 1. The minimum atomic E-state index is -3.33. The van der Waals surface area contributed by atoms with Gasteiger partial charge in [0, 0.05) is 30.7 Å². The highest BCUT2D eigenvalue weighted by atomic mass is 19.3. The highest BCUT2D eigenvalue weighted by Crippen LogP contribution is 2.31. The normalized spacial score (nSPS) is 18.6. The van der Waals surface area contributed by atoms with Crippen LogP contribution in [0.2, 0.25) is 0 Å². The minimum Gasteiger partial charge on any atom is -0.354 e. The zero-order valence-corrected chi connectivity index (χ0v) is 14.4. The van der Waals surface area contributed by atoms with Crippen molar-refractivity contribution in [2.24, 2.45) is 0 Å². The van der Waals surface area contributed by atoms with E-state index in [1.807, 2.05) is 17.9 Å². The van der Waals surface area contributed by atoms with Crippen LogP contribution in [0, 0.1) is 6.92 Å². The van der Waals surface area contributed by atoms with Crippen LogP contribution in [0.4, 0.5) is 19.0 Å². The van der Waals surface area contributed by atoms with Gasteiger partial charge in [-0.3, -0.25) is 4.79 Å². The number of nitrogens with zero attached hydrogens (tertiary/aromatic N) is 4. The third kappa shape index (κ3) is 3.15. The Labute approximate surface area is 152 Å². The number of aromatic amines is 1. The van der Waals surface area contributed by atoms with Crippen LogP contribution in [0.3, 0.4) is 0 Å². The lowest BCUT2D eigenvalue weighted by molar-refractivity contribution is -0.131. The Morgan fingerprint density at radius 2 is 2.19 bits per heavy atom. The van der Waals surface area contributed by atoms with Crippen LogP contribution in [-0.2, 0) is 4.79 Å². The maximum Gasteiger partial charge on any atom is 0.278 e. The lowest BCUT2D eigenvalue weighted by Gasteiger charge is -2.21. The standard InChI is InChI=1S/C17H17F3N6O/c1-8-23-11-6-22-15-10(2-4-21-15)12(11)16(24-8)26-5-3-9(7-26)25-17(27)13(18)14(19)20/h2,4,6,9,13-14H,3,5,7H2,1H3,(H,23,24)(H,25,27). The predicted octanol–water partition coefficient (Wildman–Crippen LogP) is 2.11. The number of carbonyl (C=O) groups is 1. The molecule has 3 aromatic heterocycles. The summed E-state index contributed by atoms with van der Waals surface area (Å²) in [6, 6.07) is 1.43. The zero-order chi connectivity index (χ0) is 19.1. The van der Waals surface area contributed by atoms with Crippen molar-refractivity contribution in [3.63, 3.8) is 0 Å². The molecule has 4 rings (SSSR count). The molecule has 2 unspecified atom stereocenters. The molecule has 0 spiro atoms. The number of nitrogens with one attached hydrogen (secondary N) is 2. The molecular weight excluding hydrogens is 361 g/mol. The Morgan fingerprint density at radius 3 is 2.96 bits per heavy atom. The van der Waals surface area contributed by atoms with E-state index < -0.39 is 24.5 Å². The first-order valence-corrected chi connectivity index (χ1v) is 8.51. The average Bonchev–Trinajstić information content (AvgIpc) is 3.28. The summed E-state index contributed by atoms with van der Waals surface area (Å²) in [5.41, 5.74) is 1.40. The Balaban J connectivity index is 1.63. The molecule has 10 heteroatoms. The summed E-state index contributed by atoms with van der Waals surface area (Å²) in [6.07, 6.45) is -2.27. The smallest absolute Gasteiger partial charge is 0.278 e. The fourth-order valence-corrected chi connectivity index (χ4v) is 3.43. The largest absolute Gasteiger partial charge is 0.354 e. The van der Waals surface area contributed by atoms with Crippen molar-refractivity contribution < 1.29 is 18.0 Å². The van der Waals surface area contributed by atoms with E-state index in [1.54, 1.807) is 12.4 Å². The first-order valence-electron chi connectivity index (χ1n) is 8.51. The SMILES string of the molecule is Cc1nc(N2CCC(NC(=O)C(F)C(F)F)C2)c2c(cnc3nccc32)[nH]1. The molecule has 1 fully saturated rings. The molecule has 142 valence electrons. The third-order valence-corrected chi connectivity index (χ3v) is 4.65. The summed E-state index contributed by atoms with van der Waals surface area (Å²) in [6.45, 7) is 2.73. The van der Waals surface area contributed by atoms with Gasteiger partial charge in [-0.2, -0.15) is 0 Å². The highest BCUT2D eigenvalue weighted by molar-refractivity contribution is 6.09. The molecule has 0 aromatic carbocycles. The molecule has 0 bridgehead atoms. The van der Waals surface area contributed by atoms with Gasteiger partial charge in [-0.05, 0) is 19.4 Å². The molecule has 1 saturated heterocycles. The number of pyridine rings is 1. The molecule has 0 radical (unpaired) electrons. The molecule has 0 saturated carbocycles. The maximum absolute atomic E-state index is 13.2. The van der Waals surface area contributed by atoms with Gasteiger partial charge in [-0.15, -0.1) is 0 Å². The number of alkyl halides is 3. The summed E-state index contributed by atoms with van der Waals surface area (Å²) in [7, 11) is 0. The van der Waals surface area contributed by atoms with Gasteiger partial charge < -0.3 is 15.2 Å². The number of hydrogen-bond acceptors (Lipinski definition) is 5. The summed E-state index contributed by atoms with van der Waals surface area (Å²) < 4.78 is 37.9. The fourth-order valence-electron chi connectivity index (χ4n) is 3.43. The first kappa shape index (κ1) is 17.5. The van der Waals surface area contributed by atoms with Crippen LogP contribution in [0.25, 0.3) is 21.9 Å². The number of carbonyl (C=O) groups excluding carboxylic acids is 1. The number of rotatable bonds is 4. The Bertz CT molecular complexity index is 1010. The van der Waals surface area contributed by atoms with E-state index in [9.17, 15) is 18.0 Å². The number of anilines is 1. The van der Waals surface area contributed by atoms with Gasteiger partial charge in [0.15, 0.2) is 5.65 Å². The van der Waals surface area contributed by atoms with Gasteiger partial charge in [-0.1, -0.05) is 0 Å². The second-order valence-electron chi connectivity index (χ2n) is 6.55. The van der Waals surface area contributed by atoms with E-state index in [1.165, 1.54) is 0 Å². The van der Waals surface area contributed by atoms with Crippen LogP contribution < -0.4 is 10.2 Å². The van der Waals surface area contributed by atoms with Gasteiger partial charge in [0.1, 0.15) is 11.6 Å². The Kier molecular flexibility index (Phi) is 4.33. The molecule has 4 heterocycles.